The van der Waals surface area contributed by atoms with Crippen LogP contribution in [0.25, 0.3) is 0 Å². The summed E-state index contributed by atoms with van der Waals surface area (Å²) in [5.74, 6) is 1.23. The van der Waals surface area contributed by atoms with Crippen molar-refractivity contribution in [3.8, 4) is 0 Å². The normalized spacial score (nSPS) is 10.5. The third-order valence-corrected chi connectivity index (χ3v) is 1.91. The molecule has 0 aromatic rings. The van der Waals surface area contributed by atoms with Crippen molar-refractivity contribution in [1.29, 1.82) is 0 Å². The monoisotopic (exact) mass is 133 g/mol. The second kappa shape index (κ2) is 5.45. The highest BCUT2D eigenvalue weighted by atomic mass is 32.2. The summed E-state index contributed by atoms with van der Waals surface area (Å²) in [7, 11) is 1.99. The number of hydrogen-bond donors (Lipinski definition) is 1. The molecule has 0 unspecified atom stereocenters. The van der Waals surface area contributed by atoms with Crippen LogP contribution in [-0.2, 0) is 0 Å². The fraction of sp³-hybridized carbons (Fsp3) is 1.00. The fourth-order valence-electron chi connectivity index (χ4n) is 0.397. The molecular formula is C6H15NS. The van der Waals surface area contributed by atoms with Gasteiger partial charge in [0.25, 0.3) is 0 Å². The smallest absolute Gasteiger partial charge is 0.00605 e. The SMILES string of the molecule is CNCCSC(C)C. The number of thioether (sulfide) groups is 1. The van der Waals surface area contributed by atoms with E-state index in [-0.39, 0.29) is 0 Å². The van der Waals surface area contributed by atoms with Crippen LogP contribution in [0.4, 0.5) is 0 Å². The van der Waals surface area contributed by atoms with E-state index in [0.29, 0.717) is 0 Å². The molecule has 0 aliphatic carbocycles. The quantitative estimate of drug-likeness (QED) is 0.581. The number of hydrogen-bond acceptors (Lipinski definition) is 2. The molecule has 0 aromatic carbocycles. The van der Waals surface area contributed by atoms with Crippen molar-refractivity contribution in [2.45, 2.75) is 19.1 Å². The third-order valence-electron chi connectivity index (χ3n) is 0.803. The van der Waals surface area contributed by atoms with E-state index in [1.54, 1.807) is 0 Å². The topological polar surface area (TPSA) is 12.0 Å². The molecule has 2 heteroatoms. The Kier molecular flexibility index (Phi) is 5.66. The molecule has 0 saturated carbocycles. The zero-order valence-electron chi connectivity index (χ0n) is 5.90. The molecule has 0 spiro atoms. The van der Waals surface area contributed by atoms with Crippen molar-refractivity contribution < 1.29 is 0 Å². The Bertz CT molecular complexity index is 45.8. The van der Waals surface area contributed by atoms with Crippen molar-refractivity contribution in [3.05, 3.63) is 0 Å². The Morgan fingerprint density at radius 2 is 2.12 bits per heavy atom. The van der Waals surface area contributed by atoms with Gasteiger partial charge in [-0.3, -0.25) is 0 Å². The van der Waals surface area contributed by atoms with Crippen LogP contribution in [-0.4, -0.2) is 24.6 Å². The van der Waals surface area contributed by atoms with Gasteiger partial charge in [-0.1, -0.05) is 13.8 Å². The van der Waals surface area contributed by atoms with Crippen LogP contribution in [0.3, 0.4) is 0 Å². The zero-order chi connectivity index (χ0) is 6.41. The molecule has 0 radical (unpaired) electrons. The lowest BCUT2D eigenvalue weighted by atomic mass is 10.6. The average molecular weight is 133 g/mol. The standard InChI is InChI=1S/C6H15NS/c1-6(2)8-5-4-7-3/h6-7H,4-5H2,1-3H3. The lowest BCUT2D eigenvalue weighted by Gasteiger charge is -2.01. The highest BCUT2D eigenvalue weighted by Gasteiger charge is 1.90. The van der Waals surface area contributed by atoms with Gasteiger partial charge in [0.15, 0.2) is 0 Å². The predicted octanol–water partition coefficient (Wildman–Crippen LogP) is 1.35. The lowest BCUT2D eigenvalue weighted by Crippen LogP contribution is -2.10. The van der Waals surface area contributed by atoms with E-state index in [1.807, 2.05) is 18.8 Å². The van der Waals surface area contributed by atoms with Gasteiger partial charge < -0.3 is 5.32 Å². The van der Waals surface area contributed by atoms with Crippen molar-refractivity contribution in [3.63, 3.8) is 0 Å². The predicted molar refractivity (Wildman–Crippen MR) is 41.5 cm³/mol. The van der Waals surface area contributed by atoms with Gasteiger partial charge in [0.1, 0.15) is 0 Å². The average Bonchev–Trinajstić information content (AvgIpc) is 1.66. The third kappa shape index (κ3) is 6.31. The maximum atomic E-state index is 3.10. The minimum Gasteiger partial charge on any atom is -0.319 e. The summed E-state index contributed by atoms with van der Waals surface area (Å²) in [6, 6.07) is 0. The number of nitrogens with one attached hydrogen (secondary N) is 1. The molecule has 0 fully saturated rings. The second-order valence-electron chi connectivity index (χ2n) is 2.02. The Hall–Kier alpha value is 0.310. The van der Waals surface area contributed by atoms with Crippen LogP contribution < -0.4 is 5.32 Å². The highest BCUT2D eigenvalue weighted by Crippen LogP contribution is 2.06. The van der Waals surface area contributed by atoms with Gasteiger partial charge >= 0.3 is 0 Å². The van der Waals surface area contributed by atoms with Crippen LogP contribution in [0.5, 0.6) is 0 Å². The molecule has 1 N–H and O–H groups in total. The molecule has 0 heterocycles. The summed E-state index contributed by atoms with van der Waals surface area (Å²) in [5, 5.41) is 3.88. The molecule has 0 aliphatic heterocycles. The maximum Gasteiger partial charge on any atom is 0.00605 e. The molecule has 0 atom stereocenters. The van der Waals surface area contributed by atoms with Gasteiger partial charge in [-0.2, -0.15) is 11.8 Å². The largest absolute Gasteiger partial charge is 0.319 e. The molecule has 1 nitrogen and oxygen atoms in total. The second-order valence-corrected chi connectivity index (χ2v) is 3.71. The summed E-state index contributed by atoms with van der Waals surface area (Å²) >= 11 is 1.99. The van der Waals surface area contributed by atoms with E-state index in [9.17, 15) is 0 Å². The van der Waals surface area contributed by atoms with E-state index in [2.05, 4.69) is 19.2 Å². The van der Waals surface area contributed by atoms with E-state index in [1.165, 1.54) is 5.75 Å². The van der Waals surface area contributed by atoms with Gasteiger partial charge in [0, 0.05) is 12.3 Å². The summed E-state index contributed by atoms with van der Waals surface area (Å²) in [6.07, 6.45) is 0. The minimum absolute atomic E-state index is 0.781. The van der Waals surface area contributed by atoms with Gasteiger partial charge in [0.2, 0.25) is 0 Å². The van der Waals surface area contributed by atoms with Crippen molar-refractivity contribution in [2.24, 2.45) is 0 Å². The van der Waals surface area contributed by atoms with E-state index in [4.69, 9.17) is 0 Å². The van der Waals surface area contributed by atoms with Crippen molar-refractivity contribution >= 4 is 11.8 Å². The van der Waals surface area contributed by atoms with Crippen LogP contribution >= 0.6 is 11.8 Å². The van der Waals surface area contributed by atoms with Crippen LogP contribution in [0.1, 0.15) is 13.8 Å². The van der Waals surface area contributed by atoms with E-state index in [0.717, 1.165) is 11.8 Å². The summed E-state index contributed by atoms with van der Waals surface area (Å²) in [4.78, 5) is 0. The minimum atomic E-state index is 0.781. The lowest BCUT2D eigenvalue weighted by molar-refractivity contribution is 0.869. The summed E-state index contributed by atoms with van der Waals surface area (Å²) in [6.45, 7) is 5.57. The van der Waals surface area contributed by atoms with E-state index < -0.39 is 0 Å². The fourth-order valence-corrected chi connectivity index (χ4v) is 1.19. The first-order valence-electron chi connectivity index (χ1n) is 3.03. The molecular weight excluding hydrogens is 118 g/mol. The van der Waals surface area contributed by atoms with Crippen LogP contribution in [0.2, 0.25) is 0 Å². The maximum absolute atomic E-state index is 3.10. The van der Waals surface area contributed by atoms with Crippen LogP contribution in [0.15, 0.2) is 0 Å². The number of rotatable bonds is 4. The Balaban J connectivity index is 2.72. The van der Waals surface area contributed by atoms with Gasteiger partial charge in [-0.25, -0.2) is 0 Å². The van der Waals surface area contributed by atoms with Crippen molar-refractivity contribution in [1.82, 2.24) is 5.32 Å². The first-order valence-corrected chi connectivity index (χ1v) is 4.08. The molecule has 0 aromatic heterocycles. The van der Waals surface area contributed by atoms with Gasteiger partial charge in [0.05, 0.1) is 0 Å². The van der Waals surface area contributed by atoms with E-state index >= 15 is 0 Å². The molecule has 8 heavy (non-hydrogen) atoms. The first-order chi connectivity index (χ1) is 3.77. The first kappa shape index (κ1) is 8.31. The van der Waals surface area contributed by atoms with Gasteiger partial charge in [-0.05, 0) is 12.3 Å². The Morgan fingerprint density at radius 3 is 2.50 bits per heavy atom. The van der Waals surface area contributed by atoms with Gasteiger partial charge in [-0.15, -0.1) is 0 Å². The molecule has 0 amide bonds. The highest BCUT2D eigenvalue weighted by molar-refractivity contribution is 7.99. The Morgan fingerprint density at radius 1 is 1.50 bits per heavy atom. The molecule has 0 saturated heterocycles. The molecule has 0 rings (SSSR count). The summed E-state index contributed by atoms with van der Waals surface area (Å²) in [5.41, 5.74) is 0. The van der Waals surface area contributed by atoms with Crippen molar-refractivity contribution in [2.75, 3.05) is 19.3 Å². The molecule has 0 bridgehead atoms. The molecule has 0 aliphatic rings. The van der Waals surface area contributed by atoms with Crippen LogP contribution in [0, 0.1) is 0 Å². The Labute approximate surface area is 56.2 Å². The summed E-state index contributed by atoms with van der Waals surface area (Å²) < 4.78 is 0. The zero-order valence-corrected chi connectivity index (χ0v) is 6.72. The molecule has 50 valence electrons.